The van der Waals surface area contributed by atoms with E-state index in [0.29, 0.717) is 13.2 Å². The Morgan fingerprint density at radius 1 is 0.926 bits per heavy atom. The molecule has 0 saturated carbocycles. The first kappa shape index (κ1) is 20.3. The van der Waals surface area contributed by atoms with Crippen LogP contribution in [-0.2, 0) is 13.9 Å². The third-order valence-electron chi connectivity index (χ3n) is 5.56. The summed E-state index contributed by atoms with van der Waals surface area (Å²) in [5.74, 6) is 0. The molecule has 27 heavy (non-hydrogen) atoms. The molecule has 1 fully saturated rings. The molecule has 1 saturated heterocycles. The van der Waals surface area contributed by atoms with Gasteiger partial charge in [0.05, 0.1) is 25.4 Å². The van der Waals surface area contributed by atoms with Crippen molar-refractivity contribution in [2.75, 3.05) is 20.3 Å². The average Bonchev–Trinajstić information content (AvgIpc) is 2.69. The molecule has 0 aromatic heterocycles. The largest absolute Gasteiger partial charge is 0.405 e. The standard InChI is InChI=1S/C23H32O3Si/c1-23(2,3)27(21-11-7-5-8-12-21,22-13-9-6-10-14-22)26-18-20-16-15-19(24-4)17-25-20/h5-14,19-20H,15-18H2,1-4H3/t19-,20-/m0/s1. The predicted octanol–water partition coefficient (Wildman–Crippen LogP) is 3.76. The van der Waals surface area contributed by atoms with Gasteiger partial charge in [0.1, 0.15) is 0 Å². The Morgan fingerprint density at radius 2 is 1.48 bits per heavy atom. The van der Waals surface area contributed by atoms with Crippen LogP contribution >= 0.6 is 0 Å². The number of benzene rings is 2. The maximum atomic E-state index is 6.95. The molecule has 0 radical (unpaired) electrons. The van der Waals surface area contributed by atoms with E-state index in [4.69, 9.17) is 13.9 Å². The molecule has 4 heteroatoms. The second-order valence-corrected chi connectivity index (χ2v) is 12.7. The first-order chi connectivity index (χ1) is 13.0. The van der Waals surface area contributed by atoms with Crippen molar-refractivity contribution in [2.45, 2.75) is 50.9 Å². The van der Waals surface area contributed by atoms with Crippen LogP contribution in [-0.4, -0.2) is 40.8 Å². The zero-order valence-electron chi connectivity index (χ0n) is 17.0. The summed E-state index contributed by atoms with van der Waals surface area (Å²) < 4.78 is 18.4. The Hall–Kier alpha value is -1.46. The summed E-state index contributed by atoms with van der Waals surface area (Å²) in [7, 11) is -0.713. The molecule has 3 nitrogen and oxygen atoms in total. The van der Waals surface area contributed by atoms with Gasteiger partial charge in [0.15, 0.2) is 0 Å². The fourth-order valence-corrected chi connectivity index (χ4v) is 8.67. The maximum absolute atomic E-state index is 6.95. The molecule has 0 spiro atoms. The van der Waals surface area contributed by atoms with Crippen molar-refractivity contribution in [3.05, 3.63) is 60.7 Å². The van der Waals surface area contributed by atoms with Gasteiger partial charge in [0.25, 0.3) is 8.32 Å². The Labute approximate surface area is 164 Å². The molecule has 0 unspecified atom stereocenters. The molecule has 3 rings (SSSR count). The molecule has 0 N–H and O–H groups in total. The van der Waals surface area contributed by atoms with Gasteiger partial charge in [-0.25, -0.2) is 0 Å². The summed E-state index contributed by atoms with van der Waals surface area (Å²) in [4.78, 5) is 0. The highest BCUT2D eigenvalue weighted by Gasteiger charge is 2.50. The normalized spacial score (nSPS) is 21.2. The fraction of sp³-hybridized carbons (Fsp3) is 0.478. The summed E-state index contributed by atoms with van der Waals surface area (Å²) in [6.45, 7) is 8.21. The van der Waals surface area contributed by atoms with Gasteiger partial charge in [-0.05, 0) is 28.3 Å². The smallest absolute Gasteiger partial charge is 0.261 e. The fourth-order valence-electron chi connectivity index (χ4n) is 4.08. The van der Waals surface area contributed by atoms with Crippen molar-refractivity contribution < 1.29 is 13.9 Å². The third kappa shape index (κ3) is 4.35. The van der Waals surface area contributed by atoms with Crippen molar-refractivity contribution in [1.29, 1.82) is 0 Å². The lowest BCUT2D eigenvalue weighted by Gasteiger charge is -2.44. The first-order valence-corrected chi connectivity index (χ1v) is 11.8. The zero-order valence-corrected chi connectivity index (χ0v) is 18.0. The van der Waals surface area contributed by atoms with E-state index in [1.165, 1.54) is 10.4 Å². The van der Waals surface area contributed by atoms with Crippen LogP contribution in [0.2, 0.25) is 5.04 Å². The lowest BCUT2D eigenvalue weighted by molar-refractivity contribution is -0.0839. The summed E-state index contributed by atoms with van der Waals surface area (Å²) in [6.07, 6.45) is 2.37. The van der Waals surface area contributed by atoms with Crippen LogP contribution in [0.25, 0.3) is 0 Å². The molecule has 0 aliphatic carbocycles. The zero-order chi connectivity index (χ0) is 19.3. The minimum absolute atomic E-state index is 0.000557. The lowest BCUT2D eigenvalue weighted by atomic mass is 10.1. The first-order valence-electron chi connectivity index (χ1n) is 9.87. The van der Waals surface area contributed by atoms with Crippen LogP contribution in [0.3, 0.4) is 0 Å². The van der Waals surface area contributed by atoms with Crippen molar-refractivity contribution in [3.8, 4) is 0 Å². The molecule has 0 bridgehead atoms. The Balaban J connectivity index is 1.92. The maximum Gasteiger partial charge on any atom is 0.261 e. The highest BCUT2D eigenvalue weighted by molar-refractivity contribution is 6.99. The number of ether oxygens (including phenoxy) is 2. The van der Waals surface area contributed by atoms with Crippen LogP contribution < -0.4 is 10.4 Å². The average molecular weight is 385 g/mol. The van der Waals surface area contributed by atoms with E-state index in [9.17, 15) is 0 Å². The van der Waals surface area contributed by atoms with Crippen molar-refractivity contribution in [3.63, 3.8) is 0 Å². The van der Waals surface area contributed by atoms with Crippen LogP contribution in [0.4, 0.5) is 0 Å². The third-order valence-corrected chi connectivity index (χ3v) is 10.6. The molecule has 2 aromatic rings. The van der Waals surface area contributed by atoms with E-state index in [1.54, 1.807) is 7.11 Å². The summed E-state index contributed by atoms with van der Waals surface area (Å²) >= 11 is 0. The van der Waals surface area contributed by atoms with Gasteiger partial charge in [-0.1, -0.05) is 81.4 Å². The molecule has 2 aromatic carbocycles. The van der Waals surface area contributed by atoms with Crippen LogP contribution in [0.15, 0.2) is 60.7 Å². The molecular weight excluding hydrogens is 352 g/mol. The molecular formula is C23H32O3Si. The van der Waals surface area contributed by atoms with Crippen molar-refractivity contribution >= 4 is 18.7 Å². The highest BCUT2D eigenvalue weighted by atomic mass is 28.4. The molecule has 2 atom stereocenters. The van der Waals surface area contributed by atoms with Gasteiger partial charge in [-0.15, -0.1) is 0 Å². The van der Waals surface area contributed by atoms with E-state index in [0.717, 1.165) is 12.8 Å². The van der Waals surface area contributed by atoms with E-state index in [1.807, 2.05) is 0 Å². The molecule has 1 aliphatic rings. The quantitative estimate of drug-likeness (QED) is 0.710. The van der Waals surface area contributed by atoms with Gasteiger partial charge in [0, 0.05) is 7.11 Å². The molecule has 0 amide bonds. The van der Waals surface area contributed by atoms with E-state index >= 15 is 0 Å². The Kier molecular flexibility index (Phi) is 6.53. The molecule has 146 valence electrons. The van der Waals surface area contributed by atoms with Gasteiger partial charge in [-0.3, -0.25) is 0 Å². The molecule has 1 heterocycles. The van der Waals surface area contributed by atoms with Crippen LogP contribution in [0.5, 0.6) is 0 Å². The van der Waals surface area contributed by atoms with E-state index < -0.39 is 8.32 Å². The second kappa shape index (κ2) is 8.70. The SMILES string of the molecule is CO[C@H]1CC[C@@H](CO[Si](c2ccccc2)(c2ccccc2)C(C)(C)C)OC1. The predicted molar refractivity (Wildman–Crippen MR) is 113 cm³/mol. The summed E-state index contributed by atoms with van der Waals surface area (Å²) in [5, 5.41) is 2.63. The number of rotatable bonds is 6. The Morgan fingerprint density at radius 3 is 1.89 bits per heavy atom. The monoisotopic (exact) mass is 384 g/mol. The second-order valence-electron chi connectivity index (χ2n) is 8.36. The van der Waals surface area contributed by atoms with Crippen LogP contribution in [0.1, 0.15) is 33.6 Å². The number of hydrogen-bond acceptors (Lipinski definition) is 3. The summed E-state index contributed by atoms with van der Waals surface area (Å²) in [5.41, 5.74) is 0. The molecule has 1 aliphatic heterocycles. The lowest BCUT2D eigenvalue weighted by Crippen LogP contribution is -2.67. The summed E-state index contributed by atoms with van der Waals surface area (Å²) in [6, 6.07) is 21.5. The number of methoxy groups -OCH3 is 1. The van der Waals surface area contributed by atoms with E-state index in [2.05, 4.69) is 81.4 Å². The van der Waals surface area contributed by atoms with Gasteiger partial charge in [0.2, 0.25) is 0 Å². The number of hydrogen-bond donors (Lipinski definition) is 0. The Bertz CT molecular complexity index is 649. The van der Waals surface area contributed by atoms with Crippen LogP contribution in [0, 0.1) is 0 Å². The van der Waals surface area contributed by atoms with Gasteiger partial charge in [-0.2, -0.15) is 0 Å². The van der Waals surface area contributed by atoms with E-state index in [-0.39, 0.29) is 17.2 Å². The van der Waals surface area contributed by atoms with Crippen molar-refractivity contribution in [1.82, 2.24) is 0 Å². The highest BCUT2D eigenvalue weighted by Crippen LogP contribution is 2.37. The van der Waals surface area contributed by atoms with Gasteiger partial charge < -0.3 is 13.9 Å². The minimum Gasteiger partial charge on any atom is -0.405 e. The van der Waals surface area contributed by atoms with Gasteiger partial charge >= 0.3 is 0 Å². The topological polar surface area (TPSA) is 27.7 Å². The minimum atomic E-state index is -2.47. The van der Waals surface area contributed by atoms with Crippen molar-refractivity contribution in [2.24, 2.45) is 0 Å².